The molecule has 0 N–H and O–H groups in total. The number of aldehydes is 1. The summed E-state index contributed by atoms with van der Waals surface area (Å²) in [4.78, 5) is 10.0. The zero-order valence-electron chi connectivity index (χ0n) is 9.12. The van der Waals surface area contributed by atoms with Crippen LogP contribution in [0.4, 0.5) is 0 Å². The van der Waals surface area contributed by atoms with Crippen LogP contribution in [0.1, 0.15) is 46.5 Å². The SMILES string of the molecule is CC(C)CCC[C@H](C)C/C=C\C=O. The normalized spacial score (nSPS) is 13.8. The lowest BCUT2D eigenvalue weighted by molar-refractivity contribution is -0.104. The molecule has 0 radical (unpaired) electrons. The molecule has 0 spiro atoms. The van der Waals surface area contributed by atoms with Gasteiger partial charge in [-0.1, -0.05) is 46.1 Å². The van der Waals surface area contributed by atoms with Crippen molar-refractivity contribution in [3.8, 4) is 0 Å². The number of allylic oxidation sites excluding steroid dienone is 2. The van der Waals surface area contributed by atoms with Crippen LogP contribution in [0.15, 0.2) is 12.2 Å². The second-order valence-electron chi connectivity index (χ2n) is 4.23. The zero-order chi connectivity index (χ0) is 10.1. The van der Waals surface area contributed by atoms with E-state index in [9.17, 15) is 4.79 Å². The van der Waals surface area contributed by atoms with Gasteiger partial charge in [0, 0.05) is 0 Å². The molecule has 0 aliphatic rings. The summed E-state index contributed by atoms with van der Waals surface area (Å²) in [7, 11) is 0. The largest absolute Gasteiger partial charge is 0.299 e. The smallest absolute Gasteiger partial charge is 0.142 e. The van der Waals surface area contributed by atoms with Gasteiger partial charge in [0.15, 0.2) is 0 Å². The van der Waals surface area contributed by atoms with Gasteiger partial charge in [0.1, 0.15) is 6.29 Å². The van der Waals surface area contributed by atoms with E-state index in [4.69, 9.17) is 0 Å². The second-order valence-corrected chi connectivity index (χ2v) is 4.23. The third kappa shape index (κ3) is 9.32. The van der Waals surface area contributed by atoms with E-state index in [0.29, 0.717) is 0 Å². The standard InChI is InChI=1S/C12H22O/c1-11(2)7-6-9-12(3)8-4-5-10-13/h4-5,10-12H,6-9H2,1-3H3/b5-4-/t12-/m1/s1. The summed E-state index contributed by atoms with van der Waals surface area (Å²) in [6.45, 7) is 6.77. The van der Waals surface area contributed by atoms with E-state index < -0.39 is 0 Å². The maximum Gasteiger partial charge on any atom is 0.142 e. The highest BCUT2D eigenvalue weighted by atomic mass is 16.1. The minimum Gasteiger partial charge on any atom is -0.299 e. The Balaban J connectivity index is 3.34. The first-order valence-corrected chi connectivity index (χ1v) is 5.27. The molecule has 76 valence electrons. The lowest BCUT2D eigenvalue weighted by Crippen LogP contribution is -1.95. The first kappa shape index (κ1) is 12.4. The molecule has 0 aromatic heterocycles. The van der Waals surface area contributed by atoms with Crippen LogP contribution in [0, 0.1) is 11.8 Å². The number of hydrogen-bond donors (Lipinski definition) is 0. The van der Waals surface area contributed by atoms with Crippen LogP contribution in [0.5, 0.6) is 0 Å². The van der Waals surface area contributed by atoms with E-state index in [-0.39, 0.29) is 0 Å². The minimum absolute atomic E-state index is 0.718. The molecule has 1 heteroatoms. The third-order valence-corrected chi connectivity index (χ3v) is 2.23. The molecule has 13 heavy (non-hydrogen) atoms. The van der Waals surface area contributed by atoms with Crippen molar-refractivity contribution >= 4 is 6.29 Å². The molecule has 0 aliphatic heterocycles. The van der Waals surface area contributed by atoms with E-state index in [0.717, 1.165) is 24.5 Å². The summed E-state index contributed by atoms with van der Waals surface area (Å²) in [6.07, 6.45) is 9.36. The first-order valence-electron chi connectivity index (χ1n) is 5.27. The van der Waals surface area contributed by atoms with Crippen LogP contribution in [0.2, 0.25) is 0 Å². The van der Waals surface area contributed by atoms with E-state index in [2.05, 4.69) is 20.8 Å². The highest BCUT2D eigenvalue weighted by Crippen LogP contribution is 2.15. The summed E-state index contributed by atoms with van der Waals surface area (Å²) in [5, 5.41) is 0. The molecule has 0 heterocycles. The molecule has 0 saturated heterocycles. The van der Waals surface area contributed by atoms with E-state index in [1.807, 2.05) is 6.08 Å². The Morgan fingerprint density at radius 2 is 1.85 bits per heavy atom. The van der Waals surface area contributed by atoms with Crippen molar-refractivity contribution in [1.29, 1.82) is 0 Å². The van der Waals surface area contributed by atoms with Crippen molar-refractivity contribution in [1.82, 2.24) is 0 Å². The van der Waals surface area contributed by atoms with Gasteiger partial charge in [-0.3, -0.25) is 4.79 Å². The fraction of sp³-hybridized carbons (Fsp3) is 0.750. The van der Waals surface area contributed by atoms with Gasteiger partial charge in [-0.05, 0) is 24.3 Å². The quantitative estimate of drug-likeness (QED) is 0.434. The average Bonchev–Trinajstić information content (AvgIpc) is 2.04. The highest BCUT2D eigenvalue weighted by Gasteiger charge is 2.00. The fourth-order valence-corrected chi connectivity index (χ4v) is 1.36. The average molecular weight is 182 g/mol. The predicted octanol–water partition coefficient (Wildman–Crippen LogP) is 3.59. The van der Waals surface area contributed by atoms with Crippen LogP contribution in [0.3, 0.4) is 0 Å². The molecule has 0 bridgehead atoms. The van der Waals surface area contributed by atoms with Gasteiger partial charge in [-0.15, -0.1) is 0 Å². The molecule has 0 aliphatic carbocycles. The van der Waals surface area contributed by atoms with Gasteiger partial charge in [0.2, 0.25) is 0 Å². The molecular weight excluding hydrogens is 160 g/mol. The number of carbonyl (C=O) groups excluding carboxylic acids is 1. The van der Waals surface area contributed by atoms with Gasteiger partial charge < -0.3 is 0 Å². The van der Waals surface area contributed by atoms with Crippen LogP contribution >= 0.6 is 0 Å². The number of carbonyl (C=O) groups is 1. The van der Waals surface area contributed by atoms with Crippen LogP contribution in [-0.2, 0) is 4.79 Å². The molecule has 0 fully saturated rings. The van der Waals surface area contributed by atoms with E-state index in [1.54, 1.807) is 6.08 Å². The van der Waals surface area contributed by atoms with Crippen molar-refractivity contribution in [2.24, 2.45) is 11.8 Å². The summed E-state index contributed by atoms with van der Waals surface area (Å²) in [6, 6.07) is 0. The summed E-state index contributed by atoms with van der Waals surface area (Å²) in [5.74, 6) is 1.53. The van der Waals surface area contributed by atoms with E-state index >= 15 is 0 Å². The van der Waals surface area contributed by atoms with Crippen LogP contribution < -0.4 is 0 Å². The zero-order valence-corrected chi connectivity index (χ0v) is 9.12. The maximum absolute atomic E-state index is 10.0. The molecule has 1 nitrogen and oxygen atoms in total. The monoisotopic (exact) mass is 182 g/mol. The van der Waals surface area contributed by atoms with Crippen LogP contribution in [-0.4, -0.2) is 6.29 Å². The fourth-order valence-electron chi connectivity index (χ4n) is 1.36. The Hall–Kier alpha value is -0.590. The Morgan fingerprint density at radius 1 is 1.15 bits per heavy atom. The van der Waals surface area contributed by atoms with Crippen molar-refractivity contribution in [3.05, 3.63) is 12.2 Å². The van der Waals surface area contributed by atoms with Gasteiger partial charge in [-0.2, -0.15) is 0 Å². The van der Waals surface area contributed by atoms with Gasteiger partial charge in [0.25, 0.3) is 0 Å². The Labute approximate surface area is 82.2 Å². The molecular formula is C12H22O. The summed E-state index contributed by atoms with van der Waals surface area (Å²) in [5.41, 5.74) is 0. The molecule has 0 aromatic carbocycles. The Morgan fingerprint density at radius 3 is 2.38 bits per heavy atom. The molecule has 0 aromatic rings. The Kier molecular flexibility index (Phi) is 7.66. The molecule has 1 atom stereocenters. The molecule has 0 saturated carbocycles. The summed E-state index contributed by atoms with van der Waals surface area (Å²) < 4.78 is 0. The molecule has 0 rings (SSSR count). The Bertz CT molecular complexity index is 147. The predicted molar refractivity (Wildman–Crippen MR) is 57.7 cm³/mol. The van der Waals surface area contributed by atoms with Crippen molar-refractivity contribution in [3.63, 3.8) is 0 Å². The lowest BCUT2D eigenvalue weighted by Gasteiger charge is -2.09. The number of hydrogen-bond acceptors (Lipinski definition) is 1. The highest BCUT2D eigenvalue weighted by molar-refractivity contribution is 5.64. The minimum atomic E-state index is 0.718. The molecule has 0 amide bonds. The van der Waals surface area contributed by atoms with Crippen molar-refractivity contribution < 1.29 is 4.79 Å². The van der Waals surface area contributed by atoms with Gasteiger partial charge in [0.05, 0.1) is 0 Å². The summed E-state index contributed by atoms with van der Waals surface area (Å²) >= 11 is 0. The van der Waals surface area contributed by atoms with E-state index in [1.165, 1.54) is 19.3 Å². The number of rotatable bonds is 7. The van der Waals surface area contributed by atoms with Gasteiger partial charge >= 0.3 is 0 Å². The van der Waals surface area contributed by atoms with Gasteiger partial charge in [-0.25, -0.2) is 0 Å². The molecule has 0 unspecified atom stereocenters. The maximum atomic E-state index is 10.0. The van der Waals surface area contributed by atoms with Crippen LogP contribution in [0.25, 0.3) is 0 Å². The second kappa shape index (κ2) is 8.03. The topological polar surface area (TPSA) is 17.1 Å². The first-order chi connectivity index (χ1) is 6.16. The van der Waals surface area contributed by atoms with Crippen molar-refractivity contribution in [2.75, 3.05) is 0 Å². The third-order valence-electron chi connectivity index (χ3n) is 2.23. The van der Waals surface area contributed by atoms with Crippen molar-refractivity contribution in [2.45, 2.75) is 46.5 Å². The lowest BCUT2D eigenvalue weighted by atomic mass is 9.97.